The number of halogens is 4. The van der Waals surface area contributed by atoms with Gasteiger partial charge in [0.2, 0.25) is 5.82 Å². The summed E-state index contributed by atoms with van der Waals surface area (Å²) in [7, 11) is 0. The van der Waals surface area contributed by atoms with Crippen molar-refractivity contribution in [2.75, 3.05) is 13.2 Å². The Morgan fingerprint density at radius 3 is 1.82 bits per heavy atom. The van der Waals surface area contributed by atoms with Crippen molar-refractivity contribution >= 4 is 0 Å². The van der Waals surface area contributed by atoms with E-state index in [-0.39, 0.29) is 23.7 Å². The van der Waals surface area contributed by atoms with Crippen molar-refractivity contribution in [3.63, 3.8) is 0 Å². The Morgan fingerprint density at radius 1 is 0.650 bits per heavy atom. The van der Waals surface area contributed by atoms with Crippen molar-refractivity contribution < 1.29 is 27.0 Å². The fourth-order valence-corrected chi connectivity index (χ4v) is 6.47. The molecule has 2 aliphatic carbocycles. The van der Waals surface area contributed by atoms with Crippen molar-refractivity contribution in [2.45, 2.75) is 122 Å². The van der Waals surface area contributed by atoms with Gasteiger partial charge in [-0.2, -0.15) is 4.39 Å². The number of rotatable bonds is 13. The molecular weight excluding hydrogens is 516 g/mol. The zero-order valence-corrected chi connectivity index (χ0v) is 24.3. The molecule has 0 amide bonds. The van der Waals surface area contributed by atoms with Gasteiger partial charge in [0.15, 0.2) is 23.2 Å². The van der Waals surface area contributed by atoms with Crippen LogP contribution in [0.15, 0.2) is 24.3 Å². The van der Waals surface area contributed by atoms with E-state index in [1.165, 1.54) is 6.07 Å². The summed E-state index contributed by atoms with van der Waals surface area (Å²) in [5.41, 5.74) is 1.37. The maximum Gasteiger partial charge on any atom is 0.200 e. The third kappa shape index (κ3) is 7.80. The summed E-state index contributed by atoms with van der Waals surface area (Å²) < 4.78 is 70.8. The Labute approximate surface area is 237 Å². The van der Waals surface area contributed by atoms with Crippen LogP contribution in [-0.4, -0.2) is 19.3 Å². The van der Waals surface area contributed by atoms with Crippen LogP contribution in [0, 0.1) is 29.2 Å². The molecule has 0 radical (unpaired) electrons. The lowest BCUT2D eigenvalue weighted by Gasteiger charge is -2.31. The van der Waals surface area contributed by atoms with Crippen molar-refractivity contribution in [3.8, 4) is 5.75 Å². The van der Waals surface area contributed by atoms with E-state index in [2.05, 4.69) is 6.92 Å². The number of benzene rings is 2. The fraction of sp³-hybridized carbons (Fsp3) is 0.647. The number of aryl methyl sites for hydroxylation is 1. The van der Waals surface area contributed by atoms with Gasteiger partial charge >= 0.3 is 0 Å². The van der Waals surface area contributed by atoms with Gasteiger partial charge in [0.05, 0.1) is 12.7 Å². The van der Waals surface area contributed by atoms with Gasteiger partial charge in [-0.3, -0.25) is 0 Å². The van der Waals surface area contributed by atoms with Gasteiger partial charge in [0, 0.05) is 6.61 Å². The van der Waals surface area contributed by atoms with Gasteiger partial charge in [-0.25, -0.2) is 13.2 Å². The Kier molecular flexibility index (Phi) is 11.8. The van der Waals surface area contributed by atoms with E-state index >= 15 is 8.78 Å². The topological polar surface area (TPSA) is 18.5 Å². The number of ether oxygens (including phenoxy) is 2. The molecule has 0 N–H and O–H groups in total. The molecule has 0 aliphatic heterocycles. The van der Waals surface area contributed by atoms with E-state index in [1.807, 2.05) is 19.1 Å². The van der Waals surface area contributed by atoms with Crippen LogP contribution in [0.3, 0.4) is 0 Å². The standard InChI is InChI=1S/C34H46F4O2/c1-3-5-21-39-27-16-13-25(14-17-27)29-19-18-28(32(36)33(29)37)24-10-7-23(8-11-24)9-12-26-15-20-30(34(38)31(26)35)40-22-6-4-2/h15,18-20,23-25,27H,3-14,16-17,21-22H2,1-2H3. The van der Waals surface area contributed by atoms with Crippen LogP contribution >= 0.6 is 0 Å². The minimum absolute atomic E-state index is 0.00349. The lowest BCUT2D eigenvalue weighted by Crippen LogP contribution is -2.22. The fourth-order valence-electron chi connectivity index (χ4n) is 6.47. The van der Waals surface area contributed by atoms with Gasteiger partial charge in [0.1, 0.15) is 0 Å². The average Bonchev–Trinajstić information content (AvgIpc) is 2.97. The molecule has 0 spiro atoms. The molecule has 2 fully saturated rings. The molecule has 2 saturated carbocycles. The van der Waals surface area contributed by atoms with E-state index in [4.69, 9.17) is 9.47 Å². The normalized spacial score (nSPS) is 23.4. The summed E-state index contributed by atoms with van der Waals surface area (Å²) in [4.78, 5) is 0. The molecule has 222 valence electrons. The minimum Gasteiger partial charge on any atom is -0.490 e. The van der Waals surface area contributed by atoms with Crippen LogP contribution in [0.4, 0.5) is 17.6 Å². The second kappa shape index (κ2) is 15.2. The smallest absolute Gasteiger partial charge is 0.200 e. The van der Waals surface area contributed by atoms with Gasteiger partial charge in [0.25, 0.3) is 0 Å². The molecular formula is C34H46F4O2. The Balaban J connectivity index is 1.27. The zero-order valence-electron chi connectivity index (χ0n) is 24.3. The molecule has 0 unspecified atom stereocenters. The Bertz CT molecular complexity index is 1070. The lowest BCUT2D eigenvalue weighted by atomic mass is 9.76. The summed E-state index contributed by atoms with van der Waals surface area (Å²) in [6, 6.07) is 6.77. The van der Waals surface area contributed by atoms with E-state index in [9.17, 15) is 8.78 Å². The van der Waals surface area contributed by atoms with E-state index in [1.54, 1.807) is 6.07 Å². The summed E-state index contributed by atoms with van der Waals surface area (Å²) in [5, 5.41) is 0. The van der Waals surface area contributed by atoms with Crippen LogP contribution in [0.2, 0.25) is 0 Å². The zero-order chi connectivity index (χ0) is 28.5. The third-order valence-corrected chi connectivity index (χ3v) is 9.10. The molecule has 6 heteroatoms. The molecule has 4 rings (SSSR count). The molecule has 0 heterocycles. The highest BCUT2D eigenvalue weighted by molar-refractivity contribution is 5.33. The molecule has 0 aromatic heterocycles. The van der Waals surface area contributed by atoms with Crippen LogP contribution in [0.5, 0.6) is 5.75 Å². The highest BCUT2D eigenvalue weighted by atomic mass is 19.2. The third-order valence-electron chi connectivity index (χ3n) is 9.10. The minimum atomic E-state index is -0.911. The number of hydrogen-bond donors (Lipinski definition) is 0. The predicted molar refractivity (Wildman–Crippen MR) is 152 cm³/mol. The number of hydrogen-bond acceptors (Lipinski definition) is 2. The Morgan fingerprint density at radius 2 is 1.23 bits per heavy atom. The van der Waals surface area contributed by atoms with Gasteiger partial charge in [-0.15, -0.1) is 0 Å². The summed E-state index contributed by atoms with van der Waals surface area (Å²) in [5.74, 6) is -2.70. The molecule has 2 aromatic rings. The molecule has 2 aliphatic rings. The van der Waals surface area contributed by atoms with Crippen molar-refractivity contribution in [1.82, 2.24) is 0 Å². The monoisotopic (exact) mass is 562 g/mol. The second-order valence-corrected chi connectivity index (χ2v) is 11.9. The van der Waals surface area contributed by atoms with E-state index in [0.717, 1.165) is 90.1 Å². The predicted octanol–water partition coefficient (Wildman–Crippen LogP) is 10.2. The average molecular weight is 563 g/mol. The SMILES string of the molecule is CCCCOc1ccc(CCC2CCC(c3ccc(C4CCC(OCCCC)CC4)c(F)c3F)CC2)c(F)c1F. The van der Waals surface area contributed by atoms with Crippen molar-refractivity contribution in [3.05, 3.63) is 64.2 Å². The quantitative estimate of drug-likeness (QED) is 0.179. The molecule has 2 nitrogen and oxygen atoms in total. The molecule has 0 atom stereocenters. The first kappa shape index (κ1) is 30.9. The van der Waals surface area contributed by atoms with Crippen LogP contribution < -0.4 is 4.74 Å². The summed E-state index contributed by atoms with van der Waals surface area (Å²) in [6.07, 6.45) is 12.1. The lowest BCUT2D eigenvalue weighted by molar-refractivity contribution is 0.0230. The van der Waals surface area contributed by atoms with Crippen LogP contribution in [0.1, 0.15) is 126 Å². The summed E-state index contributed by atoms with van der Waals surface area (Å²) >= 11 is 0. The van der Waals surface area contributed by atoms with E-state index in [0.29, 0.717) is 35.6 Å². The maximum absolute atomic E-state index is 15.3. The number of unbranched alkanes of at least 4 members (excludes halogenated alkanes) is 2. The maximum atomic E-state index is 15.3. The largest absolute Gasteiger partial charge is 0.490 e. The molecule has 2 aromatic carbocycles. The second-order valence-electron chi connectivity index (χ2n) is 11.9. The van der Waals surface area contributed by atoms with Crippen molar-refractivity contribution in [1.29, 1.82) is 0 Å². The van der Waals surface area contributed by atoms with Gasteiger partial charge in [-0.05, 0) is 118 Å². The molecule has 0 bridgehead atoms. The molecule has 40 heavy (non-hydrogen) atoms. The van der Waals surface area contributed by atoms with Crippen molar-refractivity contribution in [2.24, 2.45) is 5.92 Å². The first-order valence-corrected chi connectivity index (χ1v) is 15.6. The summed E-state index contributed by atoms with van der Waals surface area (Å²) in [6.45, 7) is 5.31. The van der Waals surface area contributed by atoms with Crippen LogP contribution in [-0.2, 0) is 11.2 Å². The van der Waals surface area contributed by atoms with Gasteiger partial charge in [-0.1, -0.05) is 44.9 Å². The first-order chi connectivity index (χ1) is 19.4. The highest BCUT2D eigenvalue weighted by Gasteiger charge is 2.30. The molecule has 0 saturated heterocycles. The Hall–Kier alpha value is -2.08. The first-order valence-electron chi connectivity index (χ1n) is 15.6. The van der Waals surface area contributed by atoms with E-state index < -0.39 is 23.3 Å². The highest BCUT2D eigenvalue weighted by Crippen LogP contribution is 2.42. The van der Waals surface area contributed by atoms with Gasteiger partial charge < -0.3 is 9.47 Å². The van der Waals surface area contributed by atoms with Crippen LogP contribution in [0.25, 0.3) is 0 Å².